The van der Waals surface area contributed by atoms with Gasteiger partial charge in [-0.25, -0.2) is 18.7 Å². The Labute approximate surface area is 133 Å². The third kappa shape index (κ3) is 3.18. The van der Waals surface area contributed by atoms with Crippen molar-refractivity contribution in [3.63, 3.8) is 0 Å². The van der Waals surface area contributed by atoms with Crippen LogP contribution < -0.4 is 16.0 Å². The van der Waals surface area contributed by atoms with Crippen molar-refractivity contribution >= 4 is 23.0 Å². The minimum Gasteiger partial charge on any atom is -0.393 e. The molecule has 1 saturated heterocycles. The predicted molar refractivity (Wildman–Crippen MR) is 86.7 cm³/mol. The Hall–Kier alpha value is -2.44. The molecule has 0 radical (unpaired) electrons. The molecular weight excluding hydrogens is 300 g/mol. The van der Waals surface area contributed by atoms with Crippen LogP contribution in [-0.2, 0) is 0 Å². The number of halogens is 2. The summed E-state index contributed by atoms with van der Waals surface area (Å²) in [5.74, 6) is -0.363. The highest BCUT2D eigenvalue weighted by molar-refractivity contribution is 5.78. The molecule has 0 bridgehead atoms. The van der Waals surface area contributed by atoms with Gasteiger partial charge in [0, 0.05) is 18.7 Å². The van der Waals surface area contributed by atoms with Crippen LogP contribution in [0.15, 0.2) is 24.5 Å². The molecule has 1 aliphatic rings. The number of hydrogen-bond donors (Lipinski definition) is 2. The van der Waals surface area contributed by atoms with E-state index in [9.17, 15) is 8.78 Å². The van der Waals surface area contributed by atoms with Crippen molar-refractivity contribution in [2.75, 3.05) is 22.5 Å². The molecule has 1 aliphatic heterocycles. The minimum absolute atomic E-state index is 0.120. The molecule has 1 aromatic heterocycles. The van der Waals surface area contributed by atoms with Crippen LogP contribution in [-0.4, -0.2) is 22.6 Å². The van der Waals surface area contributed by atoms with Crippen LogP contribution in [0, 0.1) is 11.6 Å². The molecule has 7 heteroatoms. The summed E-state index contributed by atoms with van der Waals surface area (Å²) < 4.78 is 26.8. The zero-order valence-electron chi connectivity index (χ0n) is 12.9. The number of nitrogens with zero attached hydrogens (tertiary/aromatic N) is 3. The smallest absolute Gasteiger partial charge is 0.159 e. The molecule has 1 unspecified atom stereocenters. The van der Waals surface area contributed by atoms with Crippen LogP contribution in [0.1, 0.15) is 26.2 Å². The largest absolute Gasteiger partial charge is 0.393 e. The van der Waals surface area contributed by atoms with Crippen molar-refractivity contribution in [2.45, 2.75) is 32.2 Å². The Morgan fingerprint density at radius 1 is 1.26 bits per heavy atom. The summed E-state index contributed by atoms with van der Waals surface area (Å²) in [7, 11) is 0. The average Bonchev–Trinajstić information content (AvgIpc) is 2.53. The highest BCUT2D eigenvalue weighted by Crippen LogP contribution is 2.32. The second-order valence-corrected chi connectivity index (χ2v) is 5.75. The van der Waals surface area contributed by atoms with Gasteiger partial charge in [0.25, 0.3) is 0 Å². The van der Waals surface area contributed by atoms with Gasteiger partial charge in [-0.2, -0.15) is 0 Å². The molecule has 2 heterocycles. The number of hydrogen-bond acceptors (Lipinski definition) is 5. The lowest BCUT2D eigenvalue weighted by Crippen LogP contribution is -2.38. The van der Waals surface area contributed by atoms with Crippen molar-refractivity contribution < 1.29 is 8.78 Å². The van der Waals surface area contributed by atoms with E-state index in [2.05, 4.69) is 27.1 Å². The molecule has 3 rings (SSSR count). The summed E-state index contributed by atoms with van der Waals surface area (Å²) in [4.78, 5) is 10.5. The molecule has 0 saturated carbocycles. The monoisotopic (exact) mass is 319 g/mol. The van der Waals surface area contributed by atoms with E-state index >= 15 is 0 Å². The van der Waals surface area contributed by atoms with Crippen molar-refractivity contribution in [1.29, 1.82) is 0 Å². The second kappa shape index (κ2) is 6.36. The first-order chi connectivity index (χ1) is 11.1. The lowest BCUT2D eigenvalue weighted by Gasteiger charge is -2.35. The SMILES string of the molecule is CC1CCCCN1c1ncnc(Nc2ccc(F)cc2F)c1N. The summed E-state index contributed by atoms with van der Waals surface area (Å²) >= 11 is 0. The fraction of sp³-hybridized carbons (Fsp3) is 0.375. The molecule has 23 heavy (non-hydrogen) atoms. The highest BCUT2D eigenvalue weighted by atomic mass is 19.1. The molecule has 2 aromatic rings. The van der Waals surface area contributed by atoms with Crippen LogP contribution in [0.5, 0.6) is 0 Å². The summed E-state index contributed by atoms with van der Waals surface area (Å²) in [6, 6.07) is 3.65. The first-order valence-corrected chi connectivity index (χ1v) is 7.65. The molecule has 122 valence electrons. The highest BCUT2D eigenvalue weighted by Gasteiger charge is 2.23. The summed E-state index contributed by atoms with van der Waals surface area (Å²) in [6.07, 6.45) is 4.76. The molecule has 1 atom stereocenters. The second-order valence-electron chi connectivity index (χ2n) is 5.75. The van der Waals surface area contributed by atoms with Crippen LogP contribution >= 0.6 is 0 Å². The number of benzene rings is 1. The van der Waals surface area contributed by atoms with Gasteiger partial charge >= 0.3 is 0 Å². The summed E-state index contributed by atoms with van der Waals surface area (Å²) in [6.45, 7) is 3.01. The quantitative estimate of drug-likeness (QED) is 0.907. The first kappa shape index (κ1) is 15.5. The van der Waals surface area contributed by atoms with Crippen LogP contribution in [0.4, 0.5) is 31.8 Å². The molecule has 0 aliphatic carbocycles. The summed E-state index contributed by atoms with van der Waals surface area (Å²) in [5, 5.41) is 2.82. The molecule has 3 N–H and O–H groups in total. The molecule has 1 fully saturated rings. The first-order valence-electron chi connectivity index (χ1n) is 7.65. The maximum atomic E-state index is 13.8. The van der Waals surface area contributed by atoms with E-state index in [4.69, 9.17) is 5.73 Å². The number of piperidine rings is 1. The molecule has 0 amide bonds. The number of nitrogens with two attached hydrogens (primary N) is 1. The van der Waals surface area contributed by atoms with Gasteiger partial charge in [-0.1, -0.05) is 0 Å². The summed E-state index contributed by atoms with van der Waals surface area (Å²) in [5.41, 5.74) is 6.66. The van der Waals surface area contributed by atoms with E-state index in [1.807, 2.05) is 0 Å². The van der Waals surface area contributed by atoms with Crippen molar-refractivity contribution in [3.8, 4) is 0 Å². The number of rotatable bonds is 3. The zero-order chi connectivity index (χ0) is 16.4. The van der Waals surface area contributed by atoms with Crippen LogP contribution in [0.25, 0.3) is 0 Å². The molecule has 0 spiro atoms. The van der Waals surface area contributed by atoms with Gasteiger partial charge in [-0.3, -0.25) is 0 Å². The van der Waals surface area contributed by atoms with Crippen LogP contribution in [0.3, 0.4) is 0 Å². The van der Waals surface area contributed by atoms with Crippen molar-refractivity contribution in [1.82, 2.24) is 9.97 Å². The molecule has 1 aromatic carbocycles. The standard InChI is InChI=1S/C16H19F2N5/c1-10-4-2-3-7-23(10)16-14(19)15(20-9-21-16)22-13-6-5-11(17)8-12(13)18/h5-6,8-10H,2-4,7,19H2,1H3,(H,20,21,22). The van der Waals surface area contributed by atoms with Gasteiger partial charge in [0.15, 0.2) is 11.6 Å². The van der Waals surface area contributed by atoms with E-state index in [1.54, 1.807) is 0 Å². The number of nitrogen functional groups attached to an aromatic ring is 1. The molecule has 5 nitrogen and oxygen atoms in total. The van der Waals surface area contributed by atoms with E-state index in [0.29, 0.717) is 23.4 Å². The van der Waals surface area contributed by atoms with Crippen molar-refractivity contribution in [2.24, 2.45) is 0 Å². The Bertz CT molecular complexity index is 707. The Kier molecular flexibility index (Phi) is 4.27. The predicted octanol–water partition coefficient (Wildman–Crippen LogP) is 3.46. The van der Waals surface area contributed by atoms with Crippen LogP contribution in [0.2, 0.25) is 0 Å². The van der Waals surface area contributed by atoms with E-state index in [1.165, 1.54) is 24.9 Å². The lowest BCUT2D eigenvalue weighted by molar-refractivity contribution is 0.481. The maximum absolute atomic E-state index is 13.8. The fourth-order valence-corrected chi connectivity index (χ4v) is 2.85. The normalized spacial score (nSPS) is 18.0. The number of aromatic nitrogens is 2. The average molecular weight is 319 g/mol. The topological polar surface area (TPSA) is 67.1 Å². The van der Waals surface area contributed by atoms with Gasteiger partial charge in [0.1, 0.15) is 23.6 Å². The Balaban J connectivity index is 1.90. The van der Waals surface area contributed by atoms with Gasteiger partial charge in [0.2, 0.25) is 0 Å². The lowest BCUT2D eigenvalue weighted by atomic mass is 10.0. The van der Waals surface area contributed by atoms with Crippen molar-refractivity contribution in [3.05, 3.63) is 36.2 Å². The van der Waals surface area contributed by atoms with E-state index in [-0.39, 0.29) is 5.69 Å². The third-order valence-electron chi connectivity index (χ3n) is 4.12. The van der Waals surface area contributed by atoms with E-state index in [0.717, 1.165) is 25.5 Å². The molecular formula is C16H19F2N5. The van der Waals surface area contributed by atoms with E-state index < -0.39 is 11.6 Å². The third-order valence-corrected chi connectivity index (χ3v) is 4.12. The Morgan fingerprint density at radius 2 is 2.09 bits per heavy atom. The number of nitrogens with one attached hydrogen (secondary N) is 1. The minimum atomic E-state index is -0.698. The zero-order valence-corrected chi connectivity index (χ0v) is 12.9. The van der Waals surface area contributed by atoms with Gasteiger partial charge < -0.3 is 16.0 Å². The van der Waals surface area contributed by atoms with Gasteiger partial charge in [-0.05, 0) is 38.3 Å². The maximum Gasteiger partial charge on any atom is 0.159 e. The Morgan fingerprint density at radius 3 is 2.83 bits per heavy atom. The fourth-order valence-electron chi connectivity index (χ4n) is 2.85. The van der Waals surface area contributed by atoms with Gasteiger partial charge in [0.05, 0.1) is 5.69 Å². The number of anilines is 4. The van der Waals surface area contributed by atoms with Gasteiger partial charge in [-0.15, -0.1) is 0 Å².